The van der Waals surface area contributed by atoms with E-state index in [1.807, 2.05) is 13.8 Å². The van der Waals surface area contributed by atoms with Gasteiger partial charge in [-0.25, -0.2) is 0 Å². The van der Waals surface area contributed by atoms with Crippen LogP contribution in [0.3, 0.4) is 0 Å². The molecule has 3 nitrogen and oxygen atoms in total. The van der Waals surface area contributed by atoms with Crippen molar-refractivity contribution in [3.05, 3.63) is 29.8 Å². The zero-order valence-corrected chi connectivity index (χ0v) is 9.04. The van der Waals surface area contributed by atoms with Crippen molar-refractivity contribution >= 4 is 5.91 Å². The van der Waals surface area contributed by atoms with E-state index in [2.05, 4.69) is 10.1 Å². The van der Waals surface area contributed by atoms with Gasteiger partial charge in [0.25, 0.3) is 5.91 Å². The summed E-state index contributed by atoms with van der Waals surface area (Å²) in [6.07, 6.45) is 0. The Morgan fingerprint density at radius 2 is 1.81 bits per heavy atom. The maximum Gasteiger partial charge on any atom is 0.387 e. The van der Waals surface area contributed by atoms with E-state index in [-0.39, 0.29) is 17.7 Å². The van der Waals surface area contributed by atoms with Gasteiger partial charge in [-0.1, -0.05) is 0 Å². The van der Waals surface area contributed by atoms with Gasteiger partial charge in [0.1, 0.15) is 5.75 Å². The smallest absolute Gasteiger partial charge is 0.387 e. The predicted octanol–water partition coefficient (Wildman–Crippen LogP) is 2.43. The molecule has 88 valence electrons. The summed E-state index contributed by atoms with van der Waals surface area (Å²) in [5.74, 6) is -0.199. The first kappa shape index (κ1) is 12.4. The van der Waals surface area contributed by atoms with E-state index < -0.39 is 6.61 Å². The fraction of sp³-hybridized carbons (Fsp3) is 0.364. The van der Waals surface area contributed by atoms with Crippen molar-refractivity contribution in [1.29, 1.82) is 0 Å². The second kappa shape index (κ2) is 5.44. The van der Waals surface area contributed by atoms with E-state index in [4.69, 9.17) is 0 Å². The van der Waals surface area contributed by atoms with E-state index in [0.29, 0.717) is 5.56 Å². The van der Waals surface area contributed by atoms with Crippen LogP contribution >= 0.6 is 0 Å². The second-order valence-electron chi connectivity index (χ2n) is 3.53. The molecule has 1 N–H and O–H groups in total. The standard InChI is InChI=1S/C11H13F2NO2/c1-7(2)14-10(15)8-3-5-9(6-4-8)16-11(12)13/h3-7,11H,1-2H3,(H,14,15). The van der Waals surface area contributed by atoms with E-state index in [0.717, 1.165) is 0 Å². The van der Waals surface area contributed by atoms with Gasteiger partial charge in [-0.3, -0.25) is 4.79 Å². The molecule has 1 amide bonds. The van der Waals surface area contributed by atoms with Gasteiger partial charge < -0.3 is 10.1 Å². The Morgan fingerprint density at radius 3 is 2.25 bits per heavy atom. The highest BCUT2D eigenvalue weighted by Gasteiger charge is 2.08. The van der Waals surface area contributed by atoms with Gasteiger partial charge in [-0.05, 0) is 38.1 Å². The van der Waals surface area contributed by atoms with Crippen molar-refractivity contribution < 1.29 is 18.3 Å². The highest BCUT2D eigenvalue weighted by atomic mass is 19.3. The number of carbonyl (C=O) groups excluding carboxylic acids is 1. The molecule has 0 heterocycles. The number of hydrogen-bond donors (Lipinski definition) is 1. The van der Waals surface area contributed by atoms with Crippen LogP contribution in [0.1, 0.15) is 24.2 Å². The molecule has 0 spiro atoms. The number of ether oxygens (including phenoxy) is 1. The number of rotatable bonds is 4. The summed E-state index contributed by atoms with van der Waals surface area (Å²) in [7, 11) is 0. The van der Waals surface area contributed by atoms with E-state index >= 15 is 0 Å². The lowest BCUT2D eigenvalue weighted by Crippen LogP contribution is -2.29. The van der Waals surface area contributed by atoms with Crippen LogP contribution in [0.4, 0.5) is 8.78 Å². The molecule has 0 aliphatic carbocycles. The molecule has 0 fully saturated rings. The number of alkyl halides is 2. The average Bonchev–Trinajstić information content (AvgIpc) is 2.16. The Balaban J connectivity index is 2.67. The van der Waals surface area contributed by atoms with Crippen LogP contribution in [0.2, 0.25) is 0 Å². The lowest BCUT2D eigenvalue weighted by molar-refractivity contribution is -0.0498. The van der Waals surface area contributed by atoms with Gasteiger partial charge in [0.2, 0.25) is 0 Å². The molecular formula is C11H13F2NO2. The van der Waals surface area contributed by atoms with Gasteiger partial charge in [-0.2, -0.15) is 8.78 Å². The molecule has 0 aliphatic heterocycles. The third-order valence-corrected chi connectivity index (χ3v) is 1.76. The van der Waals surface area contributed by atoms with E-state index in [1.165, 1.54) is 24.3 Å². The van der Waals surface area contributed by atoms with Crippen LogP contribution in [0.25, 0.3) is 0 Å². The number of hydrogen-bond acceptors (Lipinski definition) is 2. The lowest BCUT2D eigenvalue weighted by Gasteiger charge is -2.09. The Hall–Kier alpha value is -1.65. The molecule has 0 saturated carbocycles. The van der Waals surface area contributed by atoms with Crippen molar-refractivity contribution in [3.8, 4) is 5.75 Å². The van der Waals surface area contributed by atoms with Crippen LogP contribution in [0, 0.1) is 0 Å². The van der Waals surface area contributed by atoms with Crippen LogP contribution in [0.5, 0.6) is 5.75 Å². The molecule has 0 radical (unpaired) electrons. The molecule has 0 bridgehead atoms. The van der Waals surface area contributed by atoms with Crippen molar-refractivity contribution in [2.24, 2.45) is 0 Å². The molecule has 0 aromatic heterocycles. The molecule has 0 atom stereocenters. The first-order valence-electron chi connectivity index (χ1n) is 4.85. The minimum absolute atomic E-state index is 0.0319. The molecule has 0 saturated heterocycles. The van der Waals surface area contributed by atoms with Gasteiger partial charge in [0.15, 0.2) is 0 Å². The zero-order chi connectivity index (χ0) is 12.1. The summed E-state index contributed by atoms with van der Waals surface area (Å²) < 4.78 is 27.9. The summed E-state index contributed by atoms with van der Waals surface area (Å²) in [6, 6.07) is 5.58. The van der Waals surface area contributed by atoms with Gasteiger partial charge in [0.05, 0.1) is 0 Å². The van der Waals surface area contributed by atoms with Crippen LogP contribution < -0.4 is 10.1 Å². The third kappa shape index (κ3) is 3.84. The number of carbonyl (C=O) groups is 1. The number of halogens is 2. The van der Waals surface area contributed by atoms with Gasteiger partial charge in [0, 0.05) is 11.6 Å². The van der Waals surface area contributed by atoms with Crippen LogP contribution in [-0.2, 0) is 0 Å². The fourth-order valence-corrected chi connectivity index (χ4v) is 1.13. The predicted molar refractivity (Wildman–Crippen MR) is 55.7 cm³/mol. The minimum Gasteiger partial charge on any atom is -0.435 e. The van der Waals surface area contributed by atoms with Crippen molar-refractivity contribution in [3.63, 3.8) is 0 Å². The quantitative estimate of drug-likeness (QED) is 0.861. The highest BCUT2D eigenvalue weighted by molar-refractivity contribution is 5.94. The number of benzene rings is 1. The van der Waals surface area contributed by atoms with Crippen LogP contribution in [-0.4, -0.2) is 18.6 Å². The van der Waals surface area contributed by atoms with Gasteiger partial charge in [-0.15, -0.1) is 0 Å². The molecular weight excluding hydrogens is 216 g/mol. The van der Waals surface area contributed by atoms with E-state index in [1.54, 1.807) is 0 Å². The Kier molecular flexibility index (Phi) is 4.22. The maximum absolute atomic E-state index is 11.9. The topological polar surface area (TPSA) is 38.3 Å². The largest absolute Gasteiger partial charge is 0.435 e. The molecule has 1 aromatic rings. The molecule has 0 aliphatic rings. The van der Waals surface area contributed by atoms with E-state index in [9.17, 15) is 13.6 Å². The maximum atomic E-state index is 11.9. The highest BCUT2D eigenvalue weighted by Crippen LogP contribution is 2.14. The van der Waals surface area contributed by atoms with Crippen molar-refractivity contribution in [2.45, 2.75) is 26.5 Å². The zero-order valence-electron chi connectivity index (χ0n) is 9.04. The molecule has 5 heteroatoms. The fourth-order valence-electron chi connectivity index (χ4n) is 1.13. The normalized spacial score (nSPS) is 10.6. The molecule has 16 heavy (non-hydrogen) atoms. The monoisotopic (exact) mass is 229 g/mol. The molecule has 0 unspecified atom stereocenters. The SMILES string of the molecule is CC(C)NC(=O)c1ccc(OC(F)F)cc1. The molecule has 1 aromatic carbocycles. The summed E-state index contributed by atoms with van der Waals surface area (Å²) in [6.45, 7) is 0.827. The van der Waals surface area contributed by atoms with Gasteiger partial charge >= 0.3 is 6.61 Å². The Labute approximate surface area is 92.4 Å². The molecule has 1 rings (SSSR count). The summed E-state index contributed by atoms with van der Waals surface area (Å²) in [5, 5.41) is 2.69. The summed E-state index contributed by atoms with van der Waals surface area (Å²) >= 11 is 0. The van der Waals surface area contributed by atoms with Crippen molar-refractivity contribution in [2.75, 3.05) is 0 Å². The Morgan fingerprint density at radius 1 is 1.25 bits per heavy atom. The number of nitrogens with one attached hydrogen (secondary N) is 1. The summed E-state index contributed by atoms with van der Waals surface area (Å²) in [4.78, 5) is 11.5. The Bertz CT molecular complexity index is 350. The minimum atomic E-state index is -2.85. The summed E-state index contributed by atoms with van der Waals surface area (Å²) in [5.41, 5.74) is 0.412. The third-order valence-electron chi connectivity index (χ3n) is 1.76. The average molecular weight is 229 g/mol. The lowest BCUT2D eigenvalue weighted by atomic mass is 10.2. The first-order chi connectivity index (χ1) is 7.49. The first-order valence-corrected chi connectivity index (χ1v) is 4.85. The number of amides is 1. The van der Waals surface area contributed by atoms with Crippen LogP contribution in [0.15, 0.2) is 24.3 Å². The second-order valence-corrected chi connectivity index (χ2v) is 3.53. The van der Waals surface area contributed by atoms with Crippen molar-refractivity contribution in [1.82, 2.24) is 5.32 Å².